The second kappa shape index (κ2) is 10.2. The molecule has 1 unspecified atom stereocenters. The second-order valence-corrected chi connectivity index (χ2v) is 7.00. The number of phenolic OH excluding ortho intramolecular Hbond substituents is 1. The molecular formula is C19H31IN4O2. The first-order valence-corrected chi connectivity index (χ1v) is 9.23. The molecule has 0 amide bonds. The fourth-order valence-corrected chi connectivity index (χ4v) is 3.84. The summed E-state index contributed by atoms with van der Waals surface area (Å²) in [6.45, 7) is 6.37. The van der Waals surface area contributed by atoms with Crippen molar-refractivity contribution in [2.75, 3.05) is 46.9 Å². The fourth-order valence-electron chi connectivity index (χ4n) is 3.84. The number of guanidine groups is 1. The predicted octanol–water partition coefficient (Wildman–Crippen LogP) is 2.51. The third kappa shape index (κ3) is 5.39. The van der Waals surface area contributed by atoms with Crippen LogP contribution in [0, 0.1) is 5.92 Å². The van der Waals surface area contributed by atoms with Crippen molar-refractivity contribution in [1.82, 2.24) is 15.1 Å². The first-order chi connectivity index (χ1) is 12.2. The average Bonchev–Trinajstić information content (AvgIpc) is 3.30. The van der Waals surface area contributed by atoms with Gasteiger partial charge in [-0.1, -0.05) is 0 Å². The highest BCUT2D eigenvalue weighted by molar-refractivity contribution is 14.0. The summed E-state index contributed by atoms with van der Waals surface area (Å²) in [5.74, 6) is 2.65. The van der Waals surface area contributed by atoms with Gasteiger partial charge in [0.2, 0.25) is 0 Å². The van der Waals surface area contributed by atoms with Crippen molar-refractivity contribution in [2.24, 2.45) is 10.9 Å². The molecule has 7 heteroatoms. The van der Waals surface area contributed by atoms with E-state index in [0.717, 1.165) is 36.3 Å². The second-order valence-electron chi connectivity index (χ2n) is 7.00. The largest absolute Gasteiger partial charge is 0.508 e. The van der Waals surface area contributed by atoms with Crippen LogP contribution in [0.3, 0.4) is 0 Å². The quantitative estimate of drug-likeness (QED) is 0.390. The minimum Gasteiger partial charge on any atom is -0.508 e. The van der Waals surface area contributed by atoms with Crippen LogP contribution in [0.5, 0.6) is 11.5 Å². The van der Waals surface area contributed by atoms with Crippen molar-refractivity contribution < 1.29 is 9.84 Å². The number of likely N-dealkylation sites (tertiary alicyclic amines) is 2. The summed E-state index contributed by atoms with van der Waals surface area (Å²) in [6.07, 6.45) is 3.93. The van der Waals surface area contributed by atoms with Crippen molar-refractivity contribution in [3.63, 3.8) is 0 Å². The van der Waals surface area contributed by atoms with E-state index in [2.05, 4.69) is 20.1 Å². The molecule has 2 N–H and O–H groups in total. The van der Waals surface area contributed by atoms with Gasteiger partial charge in [-0.05, 0) is 56.5 Å². The Balaban J connectivity index is 0.00000243. The van der Waals surface area contributed by atoms with Crippen LogP contribution in [0.25, 0.3) is 0 Å². The topological polar surface area (TPSA) is 60.3 Å². The SMILES string of the molecule is CN=C(NCc1cc(OC)ccc1O)N1CCC(CN2CCCC2)C1.I. The van der Waals surface area contributed by atoms with E-state index in [9.17, 15) is 5.11 Å². The highest BCUT2D eigenvalue weighted by Gasteiger charge is 2.27. The van der Waals surface area contributed by atoms with E-state index in [1.165, 1.54) is 38.9 Å². The van der Waals surface area contributed by atoms with Crippen molar-refractivity contribution in [1.29, 1.82) is 0 Å². The lowest BCUT2D eigenvalue weighted by Crippen LogP contribution is -2.40. The van der Waals surface area contributed by atoms with Crippen LogP contribution >= 0.6 is 24.0 Å². The molecule has 1 atom stereocenters. The number of aliphatic imine (C=N–C) groups is 1. The number of aromatic hydroxyl groups is 1. The van der Waals surface area contributed by atoms with Gasteiger partial charge in [0.15, 0.2) is 5.96 Å². The molecule has 0 bridgehead atoms. The molecule has 0 aliphatic carbocycles. The van der Waals surface area contributed by atoms with Gasteiger partial charge in [-0.3, -0.25) is 4.99 Å². The van der Waals surface area contributed by atoms with Gasteiger partial charge in [0.25, 0.3) is 0 Å². The Hall–Kier alpha value is -1.22. The van der Waals surface area contributed by atoms with Crippen LogP contribution in [-0.4, -0.2) is 67.7 Å². The molecule has 0 spiro atoms. The van der Waals surface area contributed by atoms with E-state index < -0.39 is 0 Å². The normalized spacial score (nSPS) is 20.9. The van der Waals surface area contributed by atoms with Crippen LogP contribution in [0.1, 0.15) is 24.8 Å². The number of halogens is 1. The summed E-state index contributed by atoms with van der Waals surface area (Å²) >= 11 is 0. The molecule has 0 saturated carbocycles. The molecule has 26 heavy (non-hydrogen) atoms. The molecule has 2 aliphatic heterocycles. The Kier molecular flexibility index (Phi) is 8.27. The number of nitrogens with zero attached hydrogens (tertiary/aromatic N) is 3. The Morgan fingerprint density at radius 1 is 1.31 bits per heavy atom. The first-order valence-electron chi connectivity index (χ1n) is 9.23. The van der Waals surface area contributed by atoms with Gasteiger partial charge in [-0.25, -0.2) is 0 Å². The monoisotopic (exact) mass is 474 g/mol. The lowest BCUT2D eigenvalue weighted by molar-refractivity contribution is 0.281. The highest BCUT2D eigenvalue weighted by atomic mass is 127. The standard InChI is InChI=1S/C19H30N4O2.HI/c1-20-19(21-12-16-11-17(25-2)5-6-18(16)24)23-10-7-15(14-23)13-22-8-3-4-9-22;/h5-6,11,15,24H,3-4,7-10,12-14H2,1-2H3,(H,20,21);1H. The molecule has 3 rings (SSSR count). The molecule has 2 fully saturated rings. The maximum atomic E-state index is 10.0. The molecule has 146 valence electrons. The van der Waals surface area contributed by atoms with Crippen LogP contribution in [0.2, 0.25) is 0 Å². The van der Waals surface area contributed by atoms with Crippen LogP contribution in [0.15, 0.2) is 23.2 Å². The molecule has 0 radical (unpaired) electrons. The maximum absolute atomic E-state index is 10.0. The van der Waals surface area contributed by atoms with E-state index in [-0.39, 0.29) is 29.7 Å². The molecule has 6 nitrogen and oxygen atoms in total. The summed E-state index contributed by atoms with van der Waals surface area (Å²) in [6, 6.07) is 5.29. The Morgan fingerprint density at radius 2 is 2.08 bits per heavy atom. The smallest absolute Gasteiger partial charge is 0.193 e. The van der Waals surface area contributed by atoms with Crippen LogP contribution < -0.4 is 10.1 Å². The average molecular weight is 474 g/mol. The van der Waals surface area contributed by atoms with Gasteiger partial charge in [-0.15, -0.1) is 24.0 Å². The number of hydrogen-bond donors (Lipinski definition) is 2. The van der Waals surface area contributed by atoms with Gasteiger partial charge in [0.1, 0.15) is 11.5 Å². The van der Waals surface area contributed by atoms with Crippen molar-refractivity contribution in [3.8, 4) is 11.5 Å². The van der Waals surface area contributed by atoms with Gasteiger partial charge in [-0.2, -0.15) is 0 Å². The van der Waals surface area contributed by atoms with Gasteiger partial charge < -0.3 is 25.0 Å². The zero-order chi connectivity index (χ0) is 17.6. The summed E-state index contributed by atoms with van der Waals surface area (Å²) in [7, 11) is 3.45. The first kappa shape index (κ1) is 21.1. The minimum absolute atomic E-state index is 0. The lowest BCUT2D eigenvalue weighted by atomic mass is 10.1. The highest BCUT2D eigenvalue weighted by Crippen LogP contribution is 2.23. The maximum Gasteiger partial charge on any atom is 0.193 e. The number of methoxy groups -OCH3 is 1. The number of nitrogens with one attached hydrogen (secondary N) is 1. The van der Waals surface area contributed by atoms with E-state index in [1.807, 2.05) is 13.1 Å². The zero-order valence-corrected chi connectivity index (χ0v) is 18.1. The summed E-state index contributed by atoms with van der Waals surface area (Å²) < 4.78 is 5.24. The third-order valence-corrected chi connectivity index (χ3v) is 5.24. The van der Waals surface area contributed by atoms with Gasteiger partial charge in [0, 0.05) is 38.8 Å². The third-order valence-electron chi connectivity index (χ3n) is 5.24. The van der Waals surface area contributed by atoms with E-state index >= 15 is 0 Å². The van der Waals surface area contributed by atoms with E-state index in [0.29, 0.717) is 6.54 Å². The van der Waals surface area contributed by atoms with Crippen LogP contribution in [0.4, 0.5) is 0 Å². The van der Waals surface area contributed by atoms with Crippen molar-refractivity contribution >= 4 is 29.9 Å². The summed E-state index contributed by atoms with van der Waals surface area (Å²) in [4.78, 5) is 9.36. The Morgan fingerprint density at radius 3 is 2.77 bits per heavy atom. The van der Waals surface area contributed by atoms with Crippen molar-refractivity contribution in [2.45, 2.75) is 25.8 Å². The van der Waals surface area contributed by atoms with E-state index in [4.69, 9.17) is 4.74 Å². The van der Waals surface area contributed by atoms with E-state index in [1.54, 1.807) is 19.2 Å². The summed E-state index contributed by atoms with van der Waals surface area (Å²) in [5, 5.41) is 13.4. The molecule has 1 aromatic carbocycles. The molecule has 1 aromatic rings. The van der Waals surface area contributed by atoms with Gasteiger partial charge >= 0.3 is 0 Å². The number of phenols is 1. The molecule has 0 aromatic heterocycles. The number of rotatable bonds is 5. The zero-order valence-electron chi connectivity index (χ0n) is 15.8. The summed E-state index contributed by atoms with van der Waals surface area (Å²) in [5.41, 5.74) is 0.813. The van der Waals surface area contributed by atoms with Gasteiger partial charge in [0.05, 0.1) is 7.11 Å². The molecular weight excluding hydrogens is 443 g/mol. The number of ether oxygens (including phenoxy) is 1. The number of hydrogen-bond acceptors (Lipinski definition) is 4. The van der Waals surface area contributed by atoms with Crippen molar-refractivity contribution in [3.05, 3.63) is 23.8 Å². The Labute approximate surface area is 173 Å². The minimum atomic E-state index is 0. The lowest BCUT2D eigenvalue weighted by Gasteiger charge is -2.23. The molecule has 2 heterocycles. The Bertz CT molecular complexity index is 605. The molecule has 2 saturated heterocycles. The predicted molar refractivity (Wildman–Crippen MR) is 116 cm³/mol. The fraction of sp³-hybridized carbons (Fsp3) is 0.632. The van der Waals surface area contributed by atoms with Crippen LogP contribution in [-0.2, 0) is 6.54 Å². The molecule has 2 aliphatic rings. The number of benzene rings is 1.